The largest absolute Gasteiger partial charge is 0.497 e. The number of hydrogen-bond acceptors (Lipinski definition) is 4. The van der Waals surface area contributed by atoms with E-state index in [1.165, 1.54) is 12.1 Å². The summed E-state index contributed by atoms with van der Waals surface area (Å²) in [6, 6.07) is 13.0. The van der Waals surface area contributed by atoms with Gasteiger partial charge in [0.05, 0.1) is 24.6 Å². The molecule has 0 spiro atoms. The number of benzene rings is 2. The maximum atomic E-state index is 13.7. The molecule has 0 N–H and O–H groups in total. The molecule has 5 atom stereocenters. The smallest absolute Gasteiger partial charge is 0.290 e. The molecule has 0 bridgehead atoms. The van der Waals surface area contributed by atoms with Gasteiger partial charge in [0.15, 0.2) is 11.5 Å². The van der Waals surface area contributed by atoms with Crippen LogP contribution >= 0.6 is 11.6 Å². The third-order valence-corrected chi connectivity index (χ3v) is 7.90. The Hall–Kier alpha value is -2.86. The quantitative estimate of drug-likeness (QED) is 0.571. The number of hydrogen-bond donors (Lipinski definition) is 0. The Kier molecular flexibility index (Phi) is 6.11. The van der Waals surface area contributed by atoms with Gasteiger partial charge in [-0.25, -0.2) is 4.39 Å². The lowest BCUT2D eigenvalue weighted by Gasteiger charge is -2.40. The molecule has 34 heavy (non-hydrogen) atoms. The van der Waals surface area contributed by atoms with E-state index in [0.29, 0.717) is 36.9 Å². The summed E-state index contributed by atoms with van der Waals surface area (Å²) in [7, 11) is 1.61. The summed E-state index contributed by atoms with van der Waals surface area (Å²) in [5.41, 5.74) is 2.11. The molecule has 5 unspecified atom stereocenters. The maximum absolute atomic E-state index is 13.7. The second kappa shape index (κ2) is 9.06. The lowest BCUT2D eigenvalue weighted by Crippen LogP contribution is -2.44. The number of alkyl halides is 1. The van der Waals surface area contributed by atoms with Gasteiger partial charge in [0.2, 0.25) is 0 Å². The van der Waals surface area contributed by atoms with Gasteiger partial charge in [-0.05, 0) is 60.6 Å². The van der Waals surface area contributed by atoms with Gasteiger partial charge in [-0.1, -0.05) is 31.2 Å². The van der Waals surface area contributed by atoms with Gasteiger partial charge in [0.25, 0.3) is 5.91 Å². The third-order valence-electron chi connectivity index (χ3n) is 7.29. The molecule has 1 fully saturated rings. The number of amides is 1. The van der Waals surface area contributed by atoms with Gasteiger partial charge in [-0.3, -0.25) is 9.59 Å². The summed E-state index contributed by atoms with van der Waals surface area (Å²) >= 11 is 6.51. The second-order valence-electron chi connectivity index (χ2n) is 9.39. The van der Waals surface area contributed by atoms with Crippen LogP contribution in [0.3, 0.4) is 0 Å². The molecule has 3 aliphatic rings. The molecule has 2 aromatic rings. The Morgan fingerprint density at radius 1 is 1.09 bits per heavy atom. The van der Waals surface area contributed by atoms with Gasteiger partial charge >= 0.3 is 0 Å². The SMILES string of the molecule is COc1ccc(CCN2C(=O)C3=C(C(=O)C4CC(Cl)C(C)CC4O3)C2c2ccc(F)cc2)cc1. The highest BCUT2D eigenvalue weighted by Gasteiger charge is 2.53. The van der Waals surface area contributed by atoms with Crippen molar-refractivity contribution in [3.63, 3.8) is 0 Å². The number of ketones is 1. The zero-order valence-corrected chi connectivity index (χ0v) is 19.9. The zero-order valence-electron chi connectivity index (χ0n) is 19.2. The molecule has 2 aliphatic heterocycles. The average molecular weight is 484 g/mol. The number of halogens is 2. The Morgan fingerprint density at radius 2 is 1.79 bits per heavy atom. The van der Waals surface area contributed by atoms with Gasteiger partial charge in [-0.2, -0.15) is 0 Å². The van der Waals surface area contributed by atoms with Crippen molar-refractivity contribution in [3.8, 4) is 5.75 Å². The minimum absolute atomic E-state index is 0.0709. The normalized spacial score (nSPS) is 28.5. The number of Topliss-reactive ketones (excluding diaryl/α,β-unsaturated/α-hetero) is 1. The predicted molar refractivity (Wildman–Crippen MR) is 126 cm³/mol. The van der Waals surface area contributed by atoms with Crippen molar-refractivity contribution < 1.29 is 23.5 Å². The highest BCUT2D eigenvalue weighted by molar-refractivity contribution is 6.21. The molecule has 0 radical (unpaired) electrons. The lowest BCUT2D eigenvalue weighted by atomic mass is 9.74. The van der Waals surface area contributed by atoms with E-state index in [1.54, 1.807) is 24.1 Å². The summed E-state index contributed by atoms with van der Waals surface area (Å²) < 4.78 is 25.1. The number of nitrogens with zero attached hydrogens (tertiary/aromatic N) is 1. The number of rotatable bonds is 5. The molecule has 2 aromatic carbocycles. The average Bonchev–Trinajstić information content (AvgIpc) is 3.11. The molecule has 2 heterocycles. The number of ether oxygens (including phenoxy) is 2. The molecule has 5 rings (SSSR count). The predicted octanol–water partition coefficient (Wildman–Crippen LogP) is 4.84. The van der Waals surface area contributed by atoms with Crippen molar-refractivity contribution in [2.24, 2.45) is 11.8 Å². The summed E-state index contributed by atoms with van der Waals surface area (Å²) in [5.74, 6) is 0.0164. The number of fused-ring (bicyclic) bond motifs is 1. The molecule has 5 nitrogen and oxygen atoms in total. The lowest BCUT2D eigenvalue weighted by molar-refractivity contribution is -0.136. The number of carbonyl (C=O) groups excluding carboxylic acids is 2. The highest BCUT2D eigenvalue weighted by Crippen LogP contribution is 2.48. The van der Waals surface area contributed by atoms with Crippen molar-refractivity contribution >= 4 is 23.3 Å². The van der Waals surface area contributed by atoms with Crippen LogP contribution in [-0.2, 0) is 20.7 Å². The zero-order chi connectivity index (χ0) is 24.0. The van der Waals surface area contributed by atoms with Crippen LogP contribution < -0.4 is 4.74 Å². The van der Waals surface area contributed by atoms with Crippen molar-refractivity contribution in [2.75, 3.05) is 13.7 Å². The molecular weight excluding hydrogens is 457 g/mol. The van der Waals surface area contributed by atoms with E-state index in [-0.39, 0.29) is 46.6 Å². The molecule has 1 aliphatic carbocycles. The summed E-state index contributed by atoms with van der Waals surface area (Å²) in [6.07, 6.45) is 1.42. The number of methoxy groups -OCH3 is 1. The van der Waals surface area contributed by atoms with Gasteiger partial charge in [0, 0.05) is 11.9 Å². The van der Waals surface area contributed by atoms with Crippen LogP contribution in [-0.4, -0.2) is 41.7 Å². The fourth-order valence-electron chi connectivity index (χ4n) is 5.33. The summed E-state index contributed by atoms with van der Waals surface area (Å²) in [6.45, 7) is 2.44. The Balaban J connectivity index is 1.48. The van der Waals surface area contributed by atoms with E-state index < -0.39 is 6.04 Å². The molecule has 1 amide bonds. The van der Waals surface area contributed by atoms with Crippen LogP contribution in [0, 0.1) is 17.7 Å². The van der Waals surface area contributed by atoms with Crippen molar-refractivity contribution in [2.45, 2.75) is 43.7 Å². The monoisotopic (exact) mass is 483 g/mol. The van der Waals surface area contributed by atoms with E-state index in [2.05, 4.69) is 0 Å². The fraction of sp³-hybridized carbons (Fsp3) is 0.407. The van der Waals surface area contributed by atoms with E-state index in [1.807, 2.05) is 31.2 Å². The van der Waals surface area contributed by atoms with E-state index in [9.17, 15) is 14.0 Å². The standard InChI is InChI=1S/C27H27ClFNO4/c1-15-13-22-20(14-21(15)28)25(31)23-24(17-5-7-18(29)8-6-17)30(27(32)26(23)34-22)12-11-16-3-9-19(33-2)10-4-16/h3-10,15,20-22,24H,11-14H2,1-2H3. The molecule has 7 heteroatoms. The van der Waals surface area contributed by atoms with Crippen LogP contribution in [0.15, 0.2) is 59.9 Å². The van der Waals surface area contributed by atoms with Gasteiger partial charge in [-0.15, -0.1) is 11.6 Å². The first-order chi connectivity index (χ1) is 16.4. The molecule has 178 valence electrons. The minimum Gasteiger partial charge on any atom is -0.497 e. The second-order valence-corrected chi connectivity index (χ2v) is 9.95. The minimum atomic E-state index is -0.608. The first-order valence-electron chi connectivity index (χ1n) is 11.7. The van der Waals surface area contributed by atoms with Crippen molar-refractivity contribution in [1.29, 1.82) is 0 Å². The first-order valence-corrected chi connectivity index (χ1v) is 12.1. The Bertz CT molecular complexity index is 1130. The number of carbonyl (C=O) groups is 2. The van der Waals surface area contributed by atoms with Crippen molar-refractivity contribution in [1.82, 2.24) is 4.90 Å². The van der Waals surface area contributed by atoms with Crippen LogP contribution in [0.25, 0.3) is 0 Å². The summed E-state index contributed by atoms with van der Waals surface area (Å²) in [4.78, 5) is 28.9. The van der Waals surface area contributed by atoms with Gasteiger partial charge in [0.1, 0.15) is 17.7 Å². The van der Waals surface area contributed by atoms with Crippen LogP contribution in [0.2, 0.25) is 0 Å². The van der Waals surface area contributed by atoms with Crippen LogP contribution in [0.1, 0.15) is 36.9 Å². The highest BCUT2D eigenvalue weighted by atomic mass is 35.5. The van der Waals surface area contributed by atoms with E-state index >= 15 is 0 Å². The van der Waals surface area contributed by atoms with Crippen molar-refractivity contribution in [3.05, 3.63) is 76.8 Å². The van der Waals surface area contributed by atoms with E-state index in [4.69, 9.17) is 21.1 Å². The van der Waals surface area contributed by atoms with E-state index in [0.717, 1.165) is 11.3 Å². The first kappa shape index (κ1) is 22.9. The maximum Gasteiger partial charge on any atom is 0.290 e. The Labute approximate surface area is 203 Å². The topological polar surface area (TPSA) is 55.8 Å². The van der Waals surface area contributed by atoms with Crippen LogP contribution in [0.4, 0.5) is 4.39 Å². The van der Waals surface area contributed by atoms with Gasteiger partial charge < -0.3 is 14.4 Å². The Morgan fingerprint density at radius 3 is 2.47 bits per heavy atom. The fourth-order valence-corrected chi connectivity index (χ4v) is 5.62. The molecule has 1 saturated carbocycles. The molecule has 0 saturated heterocycles. The van der Waals surface area contributed by atoms with Crippen LogP contribution in [0.5, 0.6) is 5.75 Å². The third kappa shape index (κ3) is 3.98. The molecule has 0 aromatic heterocycles. The summed E-state index contributed by atoms with van der Waals surface area (Å²) in [5, 5.41) is -0.108. The molecular formula is C27H27ClFNO4.